The number of benzene rings is 2. The first-order chi connectivity index (χ1) is 8.20. The van der Waals surface area contributed by atoms with Gasteiger partial charge in [-0.1, -0.05) is 11.6 Å². The standard InChI is InChI=1S/C13H8ClN2O/c14-10-5-7-11(8-6-10)16(17)9-15-12-3-1-2-4-13(12)16/h2-9H. The zero-order chi connectivity index (χ0) is 11.9. The summed E-state index contributed by atoms with van der Waals surface area (Å²) in [6.07, 6.45) is 1.38. The molecule has 4 heteroatoms. The monoisotopic (exact) mass is 243 g/mol. The van der Waals surface area contributed by atoms with E-state index in [4.69, 9.17) is 11.6 Å². The van der Waals surface area contributed by atoms with E-state index in [2.05, 4.69) is 11.1 Å². The second kappa shape index (κ2) is 3.67. The zero-order valence-corrected chi connectivity index (χ0v) is 9.56. The average molecular weight is 244 g/mol. The molecule has 2 aromatic rings. The van der Waals surface area contributed by atoms with Crippen molar-refractivity contribution in [2.75, 3.05) is 0 Å². The fourth-order valence-corrected chi connectivity index (χ4v) is 2.00. The maximum Gasteiger partial charge on any atom is 0.201 e. The molecular weight excluding hydrogens is 236 g/mol. The zero-order valence-electron chi connectivity index (χ0n) is 8.80. The normalized spacial score (nSPS) is 21.5. The van der Waals surface area contributed by atoms with E-state index in [1.807, 2.05) is 0 Å². The third-order valence-electron chi connectivity index (χ3n) is 2.75. The highest BCUT2D eigenvalue weighted by Crippen LogP contribution is 2.42. The van der Waals surface area contributed by atoms with E-state index in [1.165, 1.54) is 6.34 Å². The Balaban J connectivity index is 2.15. The highest BCUT2D eigenvalue weighted by atomic mass is 35.5. The van der Waals surface area contributed by atoms with Gasteiger partial charge in [0.25, 0.3) is 0 Å². The van der Waals surface area contributed by atoms with Crippen molar-refractivity contribution in [2.24, 2.45) is 4.99 Å². The molecule has 0 saturated heterocycles. The Morgan fingerprint density at radius 3 is 2.71 bits per heavy atom. The van der Waals surface area contributed by atoms with Gasteiger partial charge in [0.15, 0.2) is 5.69 Å². The minimum Gasteiger partial charge on any atom is -0.616 e. The highest BCUT2D eigenvalue weighted by Gasteiger charge is 2.29. The van der Waals surface area contributed by atoms with E-state index in [-0.39, 0.29) is 0 Å². The Kier molecular flexibility index (Phi) is 2.26. The van der Waals surface area contributed by atoms with Crippen molar-refractivity contribution in [3.63, 3.8) is 0 Å². The lowest BCUT2D eigenvalue weighted by atomic mass is 10.2. The summed E-state index contributed by atoms with van der Waals surface area (Å²) in [6, 6.07) is 14.9. The van der Waals surface area contributed by atoms with Crippen LogP contribution in [-0.4, -0.2) is 6.34 Å². The van der Waals surface area contributed by atoms with Crippen molar-refractivity contribution in [3.05, 3.63) is 58.8 Å². The summed E-state index contributed by atoms with van der Waals surface area (Å²) < 4.78 is -0.679. The Bertz CT molecular complexity index is 595. The summed E-state index contributed by atoms with van der Waals surface area (Å²) in [5.74, 6) is 0. The summed E-state index contributed by atoms with van der Waals surface area (Å²) in [5, 5.41) is 13.4. The molecule has 1 atom stereocenters. The first-order valence-corrected chi connectivity index (χ1v) is 5.50. The number of hydroxylamine groups is 1. The lowest BCUT2D eigenvalue weighted by Crippen LogP contribution is -2.33. The van der Waals surface area contributed by atoms with Crippen LogP contribution in [0.4, 0.5) is 17.1 Å². The van der Waals surface area contributed by atoms with Crippen molar-refractivity contribution < 1.29 is 0 Å². The van der Waals surface area contributed by atoms with Crippen LogP contribution < -0.4 is 4.65 Å². The van der Waals surface area contributed by atoms with Crippen LogP contribution in [0.15, 0.2) is 47.5 Å². The number of rotatable bonds is 1. The van der Waals surface area contributed by atoms with Gasteiger partial charge in [-0.05, 0) is 30.3 Å². The van der Waals surface area contributed by atoms with E-state index in [0.717, 1.165) is 0 Å². The molecular formula is C13H8ClN2O. The molecule has 1 radical (unpaired) electrons. The van der Waals surface area contributed by atoms with Gasteiger partial charge in [-0.15, -0.1) is 0 Å². The highest BCUT2D eigenvalue weighted by molar-refractivity contribution is 6.30. The minimum absolute atomic E-state index is 0.586. The smallest absolute Gasteiger partial charge is 0.201 e. The number of hydrogen-bond donors (Lipinski definition) is 0. The van der Waals surface area contributed by atoms with Gasteiger partial charge in [-0.25, -0.2) is 0 Å². The molecule has 1 aliphatic heterocycles. The largest absolute Gasteiger partial charge is 0.616 e. The average Bonchev–Trinajstić information content (AvgIpc) is 2.70. The summed E-state index contributed by atoms with van der Waals surface area (Å²) in [4.78, 5) is 4.12. The van der Waals surface area contributed by atoms with Crippen LogP contribution in [0.5, 0.6) is 0 Å². The Hall–Kier alpha value is -1.68. The molecule has 0 spiro atoms. The molecule has 0 aromatic heterocycles. The Labute approximate surface area is 104 Å². The predicted molar refractivity (Wildman–Crippen MR) is 69.7 cm³/mol. The van der Waals surface area contributed by atoms with Crippen LogP contribution in [0.1, 0.15) is 0 Å². The number of halogens is 1. The molecule has 0 saturated carbocycles. The maximum absolute atomic E-state index is 12.8. The van der Waals surface area contributed by atoms with Crippen molar-refractivity contribution in [1.82, 2.24) is 4.65 Å². The molecule has 1 heterocycles. The molecule has 0 N–H and O–H groups in total. The van der Waals surface area contributed by atoms with Crippen LogP contribution in [-0.2, 0) is 0 Å². The fourth-order valence-electron chi connectivity index (χ4n) is 1.87. The topological polar surface area (TPSA) is 35.4 Å². The molecule has 2 aromatic carbocycles. The van der Waals surface area contributed by atoms with E-state index in [9.17, 15) is 5.21 Å². The third-order valence-corrected chi connectivity index (χ3v) is 3.00. The van der Waals surface area contributed by atoms with Crippen LogP contribution >= 0.6 is 11.6 Å². The van der Waals surface area contributed by atoms with Crippen molar-refractivity contribution in [1.29, 1.82) is 0 Å². The van der Waals surface area contributed by atoms with Crippen molar-refractivity contribution in [2.45, 2.75) is 0 Å². The summed E-state index contributed by atoms with van der Waals surface area (Å²) in [6.45, 7) is 0. The van der Waals surface area contributed by atoms with Crippen molar-refractivity contribution >= 4 is 35.0 Å². The van der Waals surface area contributed by atoms with E-state index in [0.29, 0.717) is 22.1 Å². The van der Waals surface area contributed by atoms with Gasteiger partial charge in [0.1, 0.15) is 11.4 Å². The number of fused-ring (bicyclic) bond motifs is 1. The van der Waals surface area contributed by atoms with E-state index in [1.54, 1.807) is 42.5 Å². The quantitative estimate of drug-likeness (QED) is 0.552. The number of quaternary nitrogens is 1. The maximum atomic E-state index is 12.8. The summed E-state index contributed by atoms with van der Waals surface area (Å²) in [7, 11) is 0. The number of hydrogen-bond acceptors (Lipinski definition) is 2. The van der Waals surface area contributed by atoms with Crippen LogP contribution in [0.3, 0.4) is 0 Å². The Morgan fingerprint density at radius 2 is 1.94 bits per heavy atom. The van der Waals surface area contributed by atoms with Crippen LogP contribution in [0, 0.1) is 11.3 Å². The third kappa shape index (κ3) is 1.56. The van der Waals surface area contributed by atoms with Crippen LogP contribution in [0.2, 0.25) is 5.02 Å². The molecule has 83 valence electrons. The van der Waals surface area contributed by atoms with Gasteiger partial charge in [-0.3, -0.25) is 4.65 Å². The van der Waals surface area contributed by atoms with Gasteiger partial charge in [0, 0.05) is 23.2 Å². The molecule has 17 heavy (non-hydrogen) atoms. The first kappa shape index (κ1) is 10.5. The molecule has 0 aliphatic carbocycles. The molecule has 1 aliphatic rings. The lowest BCUT2D eigenvalue weighted by molar-refractivity contribution is 0.777. The van der Waals surface area contributed by atoms with Gasteiger partial charge in [0.2, 0.25) is 6.34 Å². The van der Waals surface area contributed by atoms with Gasteiger partial charge in [-0.2, -0.15) is 4.99 Å². The van der Waals surface area contributed by atoms with E-state index < -0.39 is 4.65 Å². The summed E-state index contributed by atoms with van der Waals surface area (Å²) >= 11 is 5.82. The minimum atomic E-state index is -0.679. The second-order valence-corrected chi connectivity index (χ2v) is 4.23. The molecule has 0 bridgehead atoms. The van der Waals surface area contributed by atoms with E-state index >= 15 is 0 Å². The Morgan fingerprint density at radius 1 is 1.18 bits per heavy atom. The van der Waals surface area contributed by atoms with Gasteiger partial charge < -0.3 is 5.21 Å². The number of nitrogens with zero attached hydrogens (tertiary/aromatic N) is 2. The molecule has 0 fully saturated rings. The lowest BCUT2D eigenvalue weighted by Gasteiger charge is -2.33. The van der Waals surface area contributed by atoms with Crippen molar-refractivity contribution in [3.8, 4) is 0 Å². The summed E-state index contributed by atoms with van der Waals surface area (Å²) in [5.41, 5.74) is 1.85. The molecule has 1 unspecified atom stereocenters. The fraction of sp³-hybridized carbons (Fsp3) is 0. The molecule has 3 nitrogen and oxygen atoms in total. The van der Waals surface area contributed by atoms with Crippen LogP contribution in [0.25, 0.3) is 0 Å². The van der Waals surface area contributed by atoms with Gasteiger partial charge in [0.05, 0.1) is 0 Å². The molecule has 3 rings (SSSR count). The predicted octanol–water partition coefficient (Wildman–Crippen LogP) is 3.95. The first-order valence-electron chi connectivity index (χ1n) is 5.12. The van der Waals surface area contributed by atoms with Gasteiger partial charge >= 0.3 is 0 Å². The SMILES string of the molecule is [O-][N+]1(c2ccc(Cl)cc2)C=Nc2c[c]ccc21. The second-order valence-electron chi connectivity index (χ2n) is 3.79. The molecule has 0 amide bonds. The number of aliphatic imine (C=N–C) groups is 1.